The van der Waals surface area contributed by atoms with Gasteiger partial charge in [-0.1, -0.05) is 29.8 Å². The van der Waals surface area contributed by atoms with E-state index in [4.69, 9.17) is 16.3 Å². The summed E-state index contributed by atoms with van der Waals surface area (Å²) in [4.78, 5) is 0. The molecule has 1 N–H and O–H groups in total. The van der Waals surface area contributed by atoms with Gasteiger partial charge in [-0.25, -0.2) is 8.78 Å². The van der Waals surface area contributed by atoms with Crippen LogP contribution in [0.4, 0.5) is 8.78 Å². The van der Waals surface area contributed by atoms with E-state index >= 15 is 0 Å². The van der Waals surface area contributed by atoms with E-state index in [9.17, 15) is 13.9 Å². The van der Waals surface area contributed by atoms with Crippen LogP contribution in [0, 0.1) is 11.6 Å². The van der Waals surface area contributed by atoms with Crippen molar-refractivity contribution in [3.8, 4) is 5.75 Å². The number of halogens is 3. The SMILES string of the molecule is COc1ccc(CC(O)c2cccc(Cl)c2F)cc1F. The van der Waals surface area contributed by atoms with Crippen LogP contribution in [-0.2, 0) is 6.42 Å². The molecule has 1 atom stereocenters. The third-order valence-corrected chi connectivity index (χ3v) is 3.28. The molecule has 0 spiro atoms. The van der Waals surface area contributed by atoms with Gasteiger partial charge in [0, 0.05) is 12.0 Å². The molecule has 0 fully saturated rings. The quantitative estimate of drug-likeness (QED) is 0.927. The zero-order valence-electron chi connectivity index (χ0n) is 10.7. The summed E-state index contributed by atoms with van der Waals surface area (Å²) in [7, 11) is 1.37. The Hall–Kier alpha value is -1.65. The van der Waals surface area contributed by atoms with Crippen LogP contribution in [0.15, 0.2) is 36.4 Å². The fraction of sp³-hybridized carbons (Fsp3) is 0.200. The number of ether oxygens (including phenoxy) is 1. The fourth-order valence-electron chi connectivity index (χ4n) is 1.95. The predicted molar refractivity (Wildman–Crippen MR) is 73.0 cm³/mol. The van der Waals surface area contributed by atoms with E-state index in [0.717, 1.165) is 0 Å². The van der Waals surface area contributed by atoms with Gasteiger partial charge in [0.25, 0.3) is 0 Å². The molecule has 2 rings (SSSR count). The lowest BCUT2D eigenvalue weighted by Crippen LogP contribution is -2.05. The Morgan fingerprint density at radius 2 is 2.00 bits per heavy atom. The molecule has 2 aromatic carbocycles. The first kappa shape index (κ1) is 14.8. The predicted octanol–water partition coefficient (Wildman–Crippen LogP) is 3.90. The molecule has 0 bridgehead atoms. The first-order valence-corrected chi connectivity index (χ1v) is 6.35. The van der Waals surface area contributed by atoms with Gasteiger partial charge in [0.2, 0.25) is 0 Å². The molecule has 0 aliphatic heterocycles. The summed E-state index contributed by atoms with van der Waals surface area (Å²) >= 11 is 5.66. The molecular formula is C15H13ClF2O2. The molecule has 2 nitrogen and oxygen atoms in total. The maximum absolute atomic E-state index is 13.8. The molecule has 106 valence electrons. The van der Waals surface area contributed by atoms with Gasteiger partial charge in [0.1, 0.15) is 5.82 Å². The summed E-state index contributed by atoms with van der Waals surface area (Å²) in [5, 5.41) is 9.99. The van der Waals surface area contributed by atoms with E-state index in [1.54, 1.807) is 12.1 Å². The van der Waals surface area contributed by atoms with Crippen LogP contribution in [-0.4, -0.2) is 12.2 Å². The molecule has 0 amide bonds. The minimum atomic E-state index is -1.10. The summed E-state index contributed by atoms with van der Waals surface area (Å²) in [5.74, 6) is -1.06. The van der Waals surface area contributed by atoms with Crippen LogP contribution in [0.5, 0.6) is 5.75 Å². The minimum Gasteiger partial charge on any atom is -0.494 e. The van der Waals surface area contributed by atoms with Gasteiger partial charge in [-0.2, -0.15) is 0 Å². The lowest BCUT2D eigenvalue weighted by atomic mass is 10.0. The number of rotatable bonds is 4. The van der Waals surface area contributed by atoms with Gasteiger partial charge in [-0.05, 0) is 23.8 Å². The average molecular weight is 299 g/mol. The molecule has 0 heterocycles. The van der Waals surface area contributed by atoms with E-state index in [1.165, 1.54) is 31.4 Å². The molecule has 0 radical (unpaired) electrons. The first-order chi connectivity index (χ1) is 9.52. The molecular weight excluding hydrogens is 286 g/mol. The van der Waals surface area contributed by atoms with Gasteiger partial charge in [0.15, 0.2) is 11.6 Å². The molecule has 0 saturated heterocycles. The van der Waals surface area contributed by atoms with Crippen LogP contribution in [0.3, 0.4) is 0 Å². The lowest BCUT2D eigenvalue weighted by Gasteiger charge is -2.13. The molecule has 1 unspecified atom stereocenters. The number of hydrogen-bond donors (Lipinski definition) is 1. The highest BCUT2D eigenvalue weighted by atomic mass is 35.5. The number of aliphatic hydroxyl groups excluding tert-OH is 1. The molecule has 0 saturated carbocycles. The molecule has 0 aromatic heterocycles. The minimum absolute atomic E-state index is 0.0533. The molecule has 5 heteroatoms. The Kier molecular flexibility index (Phi) is 4.57. The smallest absolute Gasteiger partial charge is 0.165 e. The van der Waals surface area contributed by atoms with Crippen LogP contribution < -0.4 is 4.74 Å². The maximum atomic E-state index is 13.8. The van der Waals surface area contributed by atoms with Crippen molar-refractivity contribution in [1.29, 1.82) is 0 Å². The van der Waals surface area contributed by atoms with Crippen molar-refractivity contribution in [2.24, 2.45) is 0 Å². The number of benzene rings is 2. The second-order valence-corrected chi connectivity index (χ2v) is 4.74. The number of hydrogen-bond acceptors (Lipinski definition) is 2. The van der Waals surface area contributed by atoms with Crippen molar-refractivity contribution >= 4 is 11.6 Å². The van der Waals surface area contributed by atoms with Gasteiger partial charge >= 0.3 is 0 Å². The zero-order chi connectivity index (χ0) is 14.7. The molecule has 0 aliphatic carbocycles. The third kappa shape index (κ3) is 3.08. The van der Waals surface area contributed by atoms with E-state index in [-0.39, 0.29) is 22.8 Å². The number of aliphatic hydroxyl groups is 1. The van der Waals surface area contributed by atoms with Crippen LogP contribution in [0.25, 0.3) is 0 Å². The van der Waals surface area contributed by atoms with Gasteiger partial charge in [-0.3, -0.25) is 0 Å². The Bertz CT molecular complexity index is 617. The monoisotopic (exact) mass is 298 g/mol. The van der Waals surface area contributed by atoms with Crippen molar-refractivity contribution in [2.45, 2.75) is 12.5 Å². The highest BCUT2D eigenvalue weighted by molar-refractivity contribution is 6.30. The Balaban J connectivity index is 2.21. The van der Waals surface area contributed by atoms with Crippen LogP contribution in [0.1, 0.15) is 17.2 Å². The third-order valence-electron chi connectivity index (χ3n) is 2.99. The average Bonchev–Trinajstić information content (AvgIpc) is 2.42. The highest BCUT2D eigenvalue weighted by Crippen LogP contribution is 2.27. The lowest BCUT2D eigenvalue weighted by molar-refractivity contribution is 0.173. The topological polar surface area (TPSA) is 29.5 Å². The summed E-state index contributed by atoms with van der Waals surface area (Å²) in [5.41, 5.74) is 0.629. The normalized spacial score (nSPS) is 12.2. The summed E-state index contributed by atoms with van der Waals surface area (Å²) < 4.78 is 32.1. The fourth-order valence-corrected chi connectivity index (χ4v) is 2.13. The molecule has 0 aliphatic rings. The summed E-state index contributed by atoms with van der Waals surface area (Å²) in [6.45, 7) is 0. The van der Waals surface area contributed by atoms with Gasteiger partial charge in [-0.15, -0.1) is 0 Å². The van der Waals surface area contributed by atoms with Gasteiger partial charge < -0.3 is 9.84 Å². The molecule has 2 aromatic rings. The van der Waals surface area contributed by atoms with Crippen molar-refractivity contribution in [1.82, 2.24) is 0 Å². The maximum Gasteiger partial charge on any atom is 0.165 e. The van der Waals surface area contributed by atoms with E-state index < -0.39 is 17.7 Å². The highest BCUT2D eigenvalue weighted by Gasteiger charge is 2.16. The van der Waals surface area contributed by atoms with Crippen molar-refractivity contribution in [3.63, 3.8) is 0 Å². The Labute approximate surface area is 120 Å². The number of methoxy groups -OCH3 is 1. The first-order valence-electron chi connectivity index (χ1n) is 5.97. The van der Waals surface area contributed by atoms with E-state index in [2.05, 4.69) is 0 Å². The Morgan fingerprint density at radius 3 is 2.65 bits per heavy atom. The van der Waals surface area contributed by atoms with E-state index in [1.807, 2.05) is 0 Å². The summed E-state index contributed by atoms with van der Waals surface area (Å²) in [6.07, 6.45) is -1.01. The second kappa shape index (κ2) is 6.20. The second-order valence-electron chi connectivity index (χ2n) is 4.33. The van der Waals surface area contributed by atoms with Crippen LogP contribution >= 0.6 is 11.6 Å². The molecule has 20 heavy (non-hydrogen) atoms. The zero-order valence-corrected chi connectivity index (χ0v) is 11.5. The van der Waals surface area contributed by atoms with Gasteiger partial charge in [0.05, 0.1) is 18.2 Å². The van der Waals surface area contributed by atoms with Crippen molar-refractivity contribution < 1.29 is 18.6 Å². The van der Waals surface area contributed by atoms with Crippen LogP contribution in [0.2, 0.25) is 5.02 Å². The summed E-state index contributed by atoms with van der Waals surface area (Å²) in [6, 6.07) is 8.74. The Morgan fingerprint density at radius 1 is 1.25 bits per heavy atom. The standard InChI is InChI=1S/C15H13ClF2O2/c1-20-14-6-5-9(7-12(14)17)8-13(19)10-3-2-4-11(16)15(10)18/h2-7,13,19H,8H2,1H3. The largest absolute Gasteiger partial charge is 0.494 e. The van der Waals surface area contributed by atoms with E-state index in [0.29, 0.717) is 5.56 Å². The van der Waals surface area contributed by atoms with Crippen molar-refractivity contribution in [3.05, 3.63) is 64.2 Å². The van der Waals surface area contributed by atoms with Crippen molar-refractivity contribution in [2.75, 3.05) is 7.11 Å².